The lowest BCUT2D eigenvalue weighted by atomic mass is 9.86. The zero-order valence-electron chi connectivity index (χ0n) is 13.8. The third kappa shape index (κ3) is 4.75. The molecular weight excluding hydrogens is 232 g/mol. The van der Waals surface area contributed by atoms with Crippen molar-refractivity contribution < 1.29 is 0 Å². The number of rotatable bonds is 9. The molecule has 1 atom stereocenters. The van der Waals surface area contributed by atoms with Crippen LogP contribution in [0.2, 0.25) is 0 Å². The summed E-state index contributed by atoms with van der Waals surface area (Å²) in [6, 6.07) is 0.724. The number of hydrogen-bond donors (Lipinski definition) is 1. The van der Waals surface area contributed by atoms with Crippen LogP contribution in [0.3, 0.4) is 0 Å². The average Bonchev–Trinajstić information content (AvgIpc) is 2.45. The minimum Gasteiger partial charge on any atom is -0.311 e. The predicted octanol–water partition coefficient (Wildman–Crippen LogP) is 4.20. The second kappa shape index (κ2) is 8.97. The highest BCUT2D eigenvalue weighted by Gasteiger charge is 2.37. The van der Waals surface area contributed by atoms with Crippen LogP contribution in [-0.2, 0) is 0 Å². The van der Waals surface area contributed by atoms with E-state index in [1.54, 1.807) is 0 Å². The topological polar surface area (TPSA) is 15.3 Å². The van der Waals surface area contributed by atoms with Crippen LogP contribution in [0, 0.1) is 0 Å². The Labute approximate surface area is 121 Å². The maximum absolute atomic E-state index is 3.80. The average molecular weight is 268 g/mol. The van der Waals surface area contributed by atoms with E-state index >= 15 is 0 Å². The summed E-state index contributed by atoms with van der Waals surface area (Å²) in [6.45, 7) is 13.1. The molecule has 1 fully saturated rings. The lowest BCUT2D eigenvalue weighted by Crippen LogP contribution is -2.64. The molecule has 1 rings (SSSR count). The van der Waals surface area contributed by atoms with Gasteiger partial charge in [0, 0.05) is 24.7 Å². The molecule has 1 unspecified atom stereocenters. The van der Waals surface area contributed by atoms with Crippen molar-refractivity contribution in [1.82, 2.24) is 10.2 Å². The van der Waals surface area contributed by atoms with E-state index in [1.165, 1.54) is 71.0 Å². The van der Waals surface area contributed by atoms with Crippen LogP contribution in [-0.4, -0.2) is 36.1 Å². The smallest absolute Gasteiger partial charge is 0.0329 e. The molecule has 0 amide bonds. The van der Waals surface area contributed by atoms with Crippen LogP contribution in [0.5, 0.6) is 0 Å². The Morgan fingerprint density at radius 3 is 2.32 bits per heavy atom. The van der Waals surface area contributed by atoms with E-state index in [2.05, 4.69) is 37.9 Å². The van der Waals surface area contributed by atoms with Crippen LogP contribution < -0.4 is 5.32 Å². The highest BCUT2D eigenvalue weighted by molar-refractivity contribution is 4.97. The van der Waals surface area contributed by atoms with Crippen LogP contribution in [0.15, 0.2) is 0 Å². The molecule has 0 spiro atoms. The van der Waals surface area contributed by atoms with E-state index in [1.807, 2.05) is 0 Å². The molecule has 0 aromatic rings. The predicted molar refractivity (Wildman–Crippen MR) is 85.7 cm³/mol. The summed E-state index contributed by atoms with van der Waals surface area (Å²) in [7, 11) is 0. The molecule has 0 aromatic carbocycles. The van der Waals surface area contributed by atoms with Crippen molar-refractivity contribution in [2.24, 2.45) is 0 Å². The molecule has 114 valence electrons. The van der Waals surface area contributed by atoms with E-state index in [-0.39, 0.29) is 0 Å². The van der Waals surface area contributed by atoms with Gasteiger partial charge in [-0.2, -0.15) is 0 Å². The van der Waals surface area contributed by atoms with Gasteiger partial charge in [0.15, 0.2) is 0 Å². The zero-order chi connectivity index (χ0) is 14.1. The van der Waals surface area contributed by atoms with E-state index < -0.39 is 0 Å². The van der Waals surface area contributed by atoms with Crippen molar-refractivity contribution in [1.29, 1.82) is 0 Å². The second-order valence-electron chi connectivity index (χ2n) is 6.30. The Balaban J connectivity index is 2.54. The monoisotopic (exact) mass is 268 g/mol. The Morgan fingerprint density at radius 2 is 1.74 bits per heavy atom. The summed E-state index contributed by atoms with van der Waals surface area (Å²) in [6.07, 6.45) is 10.7. The van der Waals surface area contributed by atoms with E-state index in [9.17, 15) is 0 Å². The lowest BCUT2D eigenvalue weighted by molar-refractivity contribution is 0.0284. The summed E-state index contributed by atoms with van der Waals surface area (Å²) < 4.78 is 0. The van der Waals surface area contributed by atoms with Gasteiger partial charge in [0.05, 0.1) is 0 Å². The number of unbranched alkanes of at least 4 members (excludes halogenated alkanes) is 3. The highest BCUT2D eigenvalue weighted by Crippen LogP contribution is 2.28. The molecule has 1 N–H and O–H groups in total. The van der Waals surface area contributed by atoms with Crippen LogP contribution in [0.25, 0.3) is 0 Å². The van der Waals surface area contributed by atoms with Crippen LogP contribution in [0.4, 0.5) is 0 Å². The first-order chi connectivity index (χ1) is 9.22. The third-order valence-corrected chi connectivity index (χ3v) is 5.07. The number of hydrogen-bond acceptors (Lipinski definition) is 2. The summed E-state index contributed by atoms with van der Waals surface area (Å²) in [4.78, 5) is 2.82. The van der Waals surface area contributed by atoms with Crippen LogP contribution in [0.1, 0.15) is 79.1 Å². The molecule has 2 heteroatoms. The van der Waals surface area contributed by atoms with Crippen molar-refractivity contribution in [3.05, 3.63) is 0 Å². The maximum atomic E-state index is 3.80. The highest BCUT2D eigenvalue weighted by atomic mass is 15.3. The van der Waals surface area contributed by atoms with Gasteiger partial charge in [-0.25, -0.2) is 0 Å². The number of nitrogens with one attached hydrogen (secondary N) is 1. The van der Waals surface area contributed by atoms with Gasteiger partial charge in [-0.05, 0) is 32.2 Å². The third-order valence-electron chi connectivity index (χ3n) is 5.07. The van der Waals surface area contributed by atoms with Gasteiger partial charge < -0.3 is 5.32 Å². The van der Waals surface area contributed by atoms with Crippen molar-refractivity contribution in [3.8, 4) is 0 Å². The van der Waals surface area contributed by atoms with Crippen molar-refractivity contribution in [2.45, 2.75) is 90.6 Å². The fourth-order valence-electron chi connectivity index (χ4n) is 3.52. The summed E-state index contributed by atoms with van der Waals surface area (Å²) in [5.74, 6) is 0. The molecule has 0 aromatic heterocycles. The Kier molecular flexibility index (Phi) is 8.01. The van der Waals surface area contributed by atoms with E-state index in [0.717, 1.165) is 6.04 Å². The molecule has 0 radical (unpaired) electrons. The van der Waals surface area contributed by atoms with Gasteiger partial charge in [-0.1, -0.05) is 53.4 Å². The first-order valence-electron chi connectivity index (χ1n) is 8.70. The molecule has 0 saturated carbocycles. The molecule has 0 aliphatic carbocycles. The van der Waals surface area contributed by atoms with Gasteiger partial charge in [0.1, 0.15) is 0 Å². The normalized spacial score (nSPS) is 23.7. The molecule has 1 aliphatic rings. The molecular formula is C17H36N2. The molecule has 19 heavy (non-hydrogen) atoms. The van der Waals surface area contributed by atoms with Crippen molar-refractivity contribution in [3.63, 3.8) is 0 Å². The summed E-state index contributed by atoms with van der Waals surface area (Å²) in [5.41, 5.74) is 0.427. The molecule has 1 saturated heterocycles. The van der Waals surface area contributed by atoms with Gasteiger partial charge >= 0.3 is 0 Å². The van der Waals surface area contributed by atoms with Gasteiger partial charge in [-0.3, -0.25) is 4.90 Å². The van der Waals surface area contributed by atoms with Crippen molar-refractivity contribution >= 4 is 0 Å². The standard InChI is InChI=1S/C17H36N2/c1-5-9-10-11-13-19-14-16(12-6-2)18-15-17(19,7-3)8-4/h16,18H,5-15H2,1-4H3. The van der Waals surface area contributed by atoms with E-state index in [0.29, 0.717) is 5.54 Å². The summed E-state index contributed by atoms with van der Waals surface area (Å²) in [5, 5.41) is 3.80. The Bertz CT molecular complexity index is 223. The molecule has 2 nitrogen and oxygen atoms in total. The van der Waals surface area contributed by atoms with Crippen LogP contribution >= 0.6 is 0 Å². The Morgan fingerprint density at radius 1 is 1.00 bits per heavy atom. The molecule has 0 bridgehead atoms. The zero-order valence-corrected chi connectivity index (χ0v) is 13.8. The SMILES string of the molecule is CCCCCCN1CC(CCC)NCC1(CC)CC. The Hall–Kier alpha value is -0.0800. The largest absolute Gasteiger partial charge is 0.311 e. The van der Waals surface area contributed by atoms with Gasteiger partial charge in [0.25, 0.3) is 0 Å². The fraction of sp³-hybridized carbons (Fsp3) is 1.00. The first-order valence-corrected chi connectivity index (χ1v) is 8.70. The molecule has 1 heterocycles. The molecule has 1 aliphatic heterocycles. The number of nitrogens with zero attached hydrogens (tertiary/aromatic N) is 1. The minimum atomic E-state index is 0.427. The second-order valence-corrected chi connectivity index (χ2v) is 6.30. The fourth-order valence-corrected chi connectivity index (χ4v) is 3.52. The minimum absolute atomic E-state index is 0.427. The van der Waals surface area contributed by atoms with Gasteiger partial charge in [0.2, 0.25) is 0 Å². The van der Waals surface area contributed by atoms with E-state index in [4.69, 9.17) is 0 Å². The quantitative estimate of drug-likeness (QED) is 0.631. The first kappa shape index (κ1) is 17.0. The number of piperazine rings is 1. The maximum Gasteiger partial charge on any atom is 0.0329 e. The van der Waals surface area contributed by atoms with Crippen molar-refractivity contribution in [2.75, 3.05) is 19.6 Å². The lowest BCUT2D eigenvalue weighted by Gasteiger charge is -2.50. The van der Waals surface area contributed by atoms with Gasteiger partial charge in [-0.15, -0.1) is 0 Å². The summed E-state index contributed by atoms with van der Waals surface area (Å²) >= 11 is 0.